The number of carbonyl (C=O) groups excluding carboxylic acids is 1. The smallest absolute Gasteiger partial charge is 0.272 e. The van der Waals surface area contributed by atoms with Crippen LogP contribution in [0.4, 0.5) is 15.9 Å². The first-order valence-corrected chi connectivity index (χ1v) is 10.3. The Morgan fingerprint density at radius 1 is 1.25 bits per heavy atom. The lowest BCUT2D eigenvalue weighted by Crippen LogP contribution is -2.55. The molecule has 1 aliphatic carbocycles. The van der Waals surface area contributed by atoms with Crippen molar-refractivity contribution in [1.82, 2.24) is 19.9 Å². The minimum absolute atomic E-state index is 0.234. The largest absolute Gasteiger partial charge is 0.386 e. The quantitative estimate of drug-likeness (QED) is 0.550. The van der Waals surface area contributed by atoms with E-state index in [0.717, 1.165) is 11.3 Å². The van der Waals surface area contributed by atoms with Crippen LogP contribution in [0.5, 0.6) is 0 Å². The van der Waals surface area contributed by atoms with Crippen molar-refractivity contribution in [2.75, 3.05) is 5.32 Å². The number of amides is 1. The van der Waals surface area contributed by atoms with Gasteiger partial charge in [0.1, 0.15) is 23.7 Å². The van der Waals surface area contributed by atoms with Crippen LogP contribution in [0.15, 0.2) is 73.4 Å². The van der Waals surface area contributed by atoms with E-state index in [9.17, 15) is 14.3 Å². The molecule has 0 spiro atoms. The van der Waals surface area contributed by atoms with Crippen molar-refractivity contribution in [3.8, 4) is 5.69 Å². The average molecular weight is 433 g/mol. The van der Waals surface area contributed by atoms with Gasteiger partial charge in [-0.25, -0.2) is 14.4 Å². The first-order valence-electron chi connectivity index (χ1n) is 10.3. The number of allylic oxidation sites excluding steroid dienone is 2. The maximum absolute atomic E-state index is 13.1. The molecule has 32 heavy (non-hydrogen) atoms. The van der Waals surface area contributed by atoms with Gasteiger partial charge in [-0.3, -0.25) is 4.79 Å². The second-order valence-corrected chi connectivity index (χ2v) is 7.69. The van der Waals surface area contributed by atoms with Crippen molar-refractivity contribution in [3.05, 3.63) is 90.4 Å². The van der Waals surface area contributed by atoms with E-state index in [2.05, 4.69) is 20.6 Å². The first kappa shape index (κ1) is 21.5. The highest BCUT2D eigenvalue weighted by Gasteiger charge is 2.35. The number of nitrogens with one attached hydrogen (secondary N) is 2. The van der Waals surface area contributed by atoms with Crippen LogP contribution in [-0.4, -0.2) is 37.2 Å². The Hall–Kier alpha value is -3.78. The second-order valence-electron chi connectivity index (χ2n) is 7.69. The number of hydrogen-bond acceptors (Lipinski definition) is 5. The minimum Gasteiger partial charge on any atom is -0.386 e. The van der Waals surface area contributed by atoms with Gasteiger partial charge in [-0.05, 0) is 43.2 Å². The number of aliphatic hydroxyl groups is 1. The van der Waals surface area contributed by atoms with Gasteiger partial charge < -0.3 is 20.3 Å². The highest BCUT2D eigenvalue weighted by Crippen LogP contribution is 2.24. The lowest BCUT2D eigenvalue weighted by molar-refractivity contribution is 0.0784. The third kappa shape index (κ3) is 4.31. The SMILES string of the molecule is CCC1(NC(=O)c2cn(-c3cc(Nc4ccc(F)cc4)ncc3C)cn2)C=CC=CC1O. The molecular formula is C24H24FN5O2. The molecule has 0 aliphatic heterocycles. The summed E-state index contributed by atoms with van der Waals surface area (Å²) < 4.78 is 14.9. The molecule has 3 aromatic rings. The van der Waals surface area contributed by atoms with Crippen LogP contribution in [0, 0.1) is 12.7 Å². The van der Waals surface area contributed by atoms with Crippen LogP contribution in [0.2, 0.25) is 0 Å². The predicted octanol–water partition coefficient (Wildman–Crippen LogP) is 3.82. The third-order valence-electron chi connectivity index (χ3n) is 5.54. The maximum Gasteiger partial charge on any atom is 0.272 e. The molecule has 1 aliphatic rings. The predicted molar refractivity (Wildman–Crippen MR) is 121 cm³/mol. The Morgan fingerprint density at radius 2 is 2.03 bits per heavy atom. The third-order valence-corrected chi connectivity index (χ3v) is 5.54. The fourth-order valence-electron chi connectivity index (χ4n) is 3.59. The molecule has 2 aromatic heterocycles. The summed E-state index contributed by atoms with van der Waals surface area (Å²) in [6.07, 6.45) is 11.6. The summed E-state index contributed by atoms with van der Waals surface area (Å²) in [5.74, 6) is -0.112. The van der Waals surface area contributed by atoms with E-state index in [0.29, 0.717) is 17.9 Å². The van der Waals surface area contributed by atoms with Crippen LogP contribution in [-0.2, 0) is 0 Å². The number of rotatable bonds is 6. The Kier molecular flexibility index (Phi) is 5.87. The maximum atomic E-state index is 13.1. The zero-order chi connectivity index (χ0) is 22.7. The number of pyridine rings is 1. The van der Waals surface area contributed by atoms with Gasteiger partial charge in [0.15, 0.2) is 0 Å². The van der Waals surface area contributed by atoms with E-state index < -0.39 is 11.6 Å². The number of aliphatic hydroxyl groups excluding tert-OH is 1. The van der Waals surface area contributed by atoms with Gasteiger partial charge in [0.2, 0.25) is 0 Å². The Labute approximate surface area is 185 Å². The van der Waals surface area contributed by atoms with Crippen LogP contribution in [0.1, 0.15) is 29.4 Å². The monoisotopic (exact) mass is 433 g/mol. The highest BCUT2D eigenvalue weighted by atomic mass is 19.1. The molecule has 164 valence electrons. The molecule has 2 unspecified atom stereocenters. The van der Waals surface area contributed by atoms with Crippen LogP contribution < -0.4 is 10.6 Å². The van der Waals surface area contributed by atoms with E-state index >= 15 is 0 Å². The van der Waals surface area contributed by atoms with Crippen molar-refractivity contribution in [1.29, 1.82) is 0 Å². The second kappa shape index (κ2) is 8.76. The normalized spacial score (nSPS) is 19.7. The molecule has 0 fully saturated rings. The number of aromatic nitrogens is 3. The van der Waals surface area contributed by atoms with Gasteiger partial charge in [0, 0.05) is 24.1 Å². The van der Waals surface area contributed by atoms with Crippen molar-refractivity contribution in [3.63, 3.8) is 0 Å². The van der Waals surface area contributed by atoms with Gasteiger partial charge in [0.25, 0.3) is 5.91 Å². The molecular weight excluding hydrogens is 409 g/mol. The summed E-state index contributed by atoms with van der Waals surface area (Å²) in [6.45, 7) is 3.81. The molecule has 3 N–H and O–H groups in total. The van der Waals surface area contributed by atoms with Gasteiger partial charge >= 0.3 is 0 Å². The summed E-state index contributed by atoms with van der Waals surface area (Å²) in [5, 5.41) is 16.4. The topological polar surface area (TPSA) is 92.1 Å². The fraction of sp³-hybridized carbons (Fsp3) is 0.208. The molecule has 0 saturated carbocycles. The van der Waals surface area contributed by atoms with Crippen molar-refractivity contribution < 1.29 is 14.3 Å². The lowest BCUT2D eigenvalue weighted by atomic mass is 9.85. The van der Waals surface area contributed by atoms with Crippen molar-refractivity contribution in [2.24, 2.45) is 0 Å². The van der Waals surface area contributed by atoms with Gasteiger partial charge in [-0.2, -0.15) is 0 Å². The molecule has 4 rings (SSSR count). The summed E-state index contributed by atoms with van der Waals surface area (Å²) in [7, 11) is 0. The number of benzene rings is 1. The Bertz CT molecular complexity index is 1190. The molecule has 1 amide bonds. The van der Waals surface area contributed by atoms with Crippen molar-refractivity contribution >= 4 is 17.4 Å². The van der Waals surface area contributed by atoms with Crippen molar-refractivity contribution in [2.45, 2.75) is 31.9 Å². The Balaban J connectivity index is 1.55. The summed E-state index contributed by atoms with van der Waals surface area (Å²) in [5.41, 5.74) is 1.76. The standard InChI is InChI=1S/C24H24FN5O2/c1-3-24(11-5-4-6-21(24)31)29-23(32)19-14-30(15-27-19)20-12-22(26-13-16(20)2)28-18-9-7-17(25)8-10-18/h4-15,21,31H,3H2,1-2H3,(H,26,28)(H,29,32). The molecule has 0 radical (unpaired) electrons. The molecule has 1 aromatic carbocycles. The Morgan fingerprint density at radius 3 is 2.75 bits per heavy atom. The van der Waals surface area contributed by atoms with E-state index in [1.807, 2.05) is 26.0 Å². The molecule has 2 atom stereocenters. The average Bonchev–Trinajstić information content (AvgIpc) is 3.28. The number of nitrogens with zero attached hydrogens (tertiary/aromatic N) is 3. The van der Waals surface area contributed by atoms with Gasteiger partial charge in [-0.1, -0.05) is 31.2 Å². The lowest BCUT2D eigenvalue weighted by Gasteiger charge is -2.35. The molecule has 0 bridgehead atoms. The minimum atomic E-state index is -0.867. The fourth-order valence-corrected chi connectivity index (χ4v) is 3.59. The first-order chi connectivity index (χ1) is 15.4. The number of hydrogen-bond donors (Lipinski definition) is 3. The molecule has 0 saturated heterocycles. The van der Waals surface area contributed by atoms with E-state index in [4.69, 9.17) is 0 Å². The number of carbonyl (C=O) groups is 1. The zero-order valence-corrected chi connectivity index (χ0v) is 17.8. The number of aryl methyl sites for hydroxylation is 1. The number of imidazole rings is 1. The summed E-state index contributed by atoms with van der Waals surface area (Å²) in [4.78, 5) is 21.5. The van der Waals surface area contributed by atoms with E-state index in [1.54, 1.807) is 53.6 Å². The van der Waals surface area contributed by atoms with Gasteiger partial charge in [0.05, 0.1) is 17.3 Å². The molecule has 8 heteroatoms. The van der Waals surface area contributed by atoms with Gasteiger partial charge in [-0.15, -0.1) is 0 Å². The number of anilines is 2. The summed E-state index contributed by atoms with van der Waals surface area (Å²) >= 11 is 0. The van der Waals surface area contributed by atoms with Crippen LogP contribution in [0.25, 0.3) is 5.69 Å². The van der Waals surface area contributed by atoms with E-state index in [1.165, 1.54) is 12.1 Å². The molecule has 2 heterocycles. The summed E-state index contributed by atoms with van der Waals surface area (Å²) in [6, 6.07) is 7.82. The highest BCUT2D eigenvalue weighted by molar-refractivity contribution is 5.93. The van der Waals surface area contributed by atoms with Crippen LogP contribution >= 0.6 is 0 Å². The molecule has 7 nitrogen and oxygen atoms in total. The van der Waals surface area contributed by atoms with Crippen LogP contribution in [0.3, 0.4) is 0 Å². The van der Waals surface area contributed by atoms with E-state index in [-0.39, 0.29) is 17.4 Å². The number of halogens is 1. The zero-order valence-electron chi connectivity index (χ0n) is 17.8.